The van der Waals surface area contributed by atoms with E-state index in [1.807, 2.05) is 0 Å². The lowest BCUT2D eigenvalue weighted by molar-refractivity contribution is 0.227. The summed E-state index contributed by atoms with van der Waals surface area (Å²) < 4.78 is 2.32. The van der Waals surface area contributed by atoms with Crippen molar-refractivity contribution in [3.8, 4) is 0 Å². The number of benzene rings is 1. The molecule has 0 spiro atoms. The maximum Gasteiger partial charge on any atom is 0.147 e. The van der Waals surface area contributed by atoms with Crippen LogP contribution in [0.25, 0.3) is 6.08 Å². The molecule has 2 heterocycles. The predicted octanol–water partition coefficient (Wildman–Crippen LogP) is 3.25. The topological polar surface area (TPSA) is 37.2 Å². The van der Waals surface area contributed by atoms with Gasteiger partial charge in [-0.1, -0.05) is 42.5 Å². The van der Waals surface area contributed by atoms with Crippen LogP contribution >= 0.6 is 0 Å². The SMILES string of the molecule is CCn1c(CN(C)C)nnc1C1CCN(C/C=C/c2ccccc2)CC1. The number of aromatic nitrogens is 3. The minimum Gasteiger partial charge on any atom is -0.314 e. The molecular weight excluding hydrogens is 322 g/mol. The second-order valence-electron chi connectivity index (χ2n) is 7.34. The lowest BCUT2D eigenvalue weighted by atomic mass is 9.96. The van der Waals surface area contributed by atoms with Crippen molar-refractivity contribution in [3.63, 3.8) is 0 Å². The van der Waals surface area contributed by atoms with Crippen molar-refractivity contribution in [2.45, 2.75) is 38.8 Å². The maximum absolute atomic E-state index is 4.54. The van der Waals surface area contributed by atoms with Gasteiger partial charge in [0.15, 0.2) is 0 Å². The molecule has 0 bridgehead atoms. The molecule has 1 saturated heterocycles. The number of piperidine rings is 1. The molecular formula is C21H31N5. The van der Waals surface area contributed by atoms with E-state index < -0.39 is 0 Å². The van der Waals surface area contributed by atoms with Crippen LogP contribution in [-0.2, 0) is 13.1 Å². The van der Waals surface area contributed by atoms with Gasteiger partial charge in [-0.15, -0.1) is 10.2 Å². The van der Waals surface area contributed by atoms with Gasteiger partial charge < -0.3 is 9.47 Å². The molecule has 0 aliphatic carbocycles. The summed E-state index contributed by atoms with van der Waals surface area (Å²) in [5, 5.41) is 9.00. The number of hydrogen-bond acceptors (Lipinski definition) is 4. The van der Waals surface area contributed by atoms with Crippen LogP contribution in [0.15, 0.2) is 36.4 Å². The molecule has 0 atom stereocenters. The third-order valence-corrected chi connectivity index (χ3v) is 5.06. The molecule has 0 saturated carbocycles. The molecule has 2 aromatic rings. The molecule has 1 aliphatic heterocycles. The fourth-order valence-electron chi connectivity index (χ4n) is 3.67. The molecule has 5 nitrogen and oxygen atoms in total. The van der Waals surface area contributed by atoms with Crippen molar-refractivity contribution in [3.05, 3.63) is 53.6 Å². The molecule has 0 amide bonds. The maximum atomic E-state index is 4.54. The Morgan fingerprint density at radius 2 is 1.85 bits per heavy atom. The predicted molar refractivity (Wildman–Crippen MR) is 107 cm³/mol. The first kappa shape index (κ1) is 18.8. The van der Waals surface area contributed by atoms with E-state index >= 15 is 0 Å². The van der Waals surface area contributed by atoms with Crippen molar-refractivity contribution in [2.75, 3.05) is 33.7 Å². The Bertz CT molecular complexity index is 696. The minimum atomic E-state index is 0.535. The van der Waals surface area contributed by atoms with Crippen LogP contribution in [0.5, 0.6) is 0 Å². The average molecular weight is 354 g/mol. The highest BCUT2D eigenvalue weighted by molar-refractivity contribution is 5.48. The van der Waals surface area contributed by atoms with Crippen LogP contribution < -0.4 is 0 Å². The third-order valence-electron chi connectivity index (χ3n) is 5.06. The van der Waals surface area contributed by atoms with E-state index in [1.54, 1.807) is 0 Å². The lowest BCUT2D eigenvalue weighted by Crippen LogP contribution is -2.34. The molecule has 1 aromatic carbocycles. The fraction of sp³-hybridized carbons (Fsp3) is 0.524. The summed E-state index contributed by atoms with van der Waals surface area (Å²) in [5.74, 6) is 2.80. The van der Waals surface area contributed by atoms with Crippen LogP contribution in [0.4, 0.5) is 0 Å². The normalized spacial score (nSPS) is 16.8. The Morgan fingerprint density at radius 1 is 1.12 bits per heavy atom. The van der Waals surface area contributed by atoms with Gasteiger partial charge in [-0.25, -0.2) is 0 Å². The number of likely N-dealkylation sites (tertiary alicyclic amines) is 1. The van der Waals surface area contributed by atoms with Gasteiger partial charge in [0, 0.05) is 19.0 Å². The van der Waals surface area contributed by atoms with Crippen molar-refractivity contribution in [1.82, 2.24) is 24.6 Å². The van der Waals surface area contributed by atoms with E-state index in [1.165, 1.54) is 24.2 Å². The Balaban J connectivity index is 1.54. The van der Waals surface area contributed by atoms with E-state index in [0.717, 1.165) is 38.5 Å². The van der Waals surface area contributed by atoms with Gasteiger partial charge in [-0.3, -0.25) is 4.90 Å². The van der Waals surface area contributed by atoms with Crippen LogP contribution in [0.2, 0.25) is 0 Å². The smallest absolute Gasteiger partial charge is 0.147 e. The first-order valence-corrected chi connectivity index (χ1v) is 9.68. The summed E-state index contributed by atoms with van der Waals surface area (Å²) in [7, 11) is 4.16. The van der Waals surface area contributed by atoms with E-state index in [-0.39, 0.29) is 0 Å². The summed E-state index contributed by atoms with van der Waals surface area (Å²) in [6, 6.07) is 10.5. The second-order valence-corrected chi connectivity index (χ2v) is 7.34. The van der Waals surface area contributed by atoms with Crippen molar-refractivity contribution < 1.29 is 0 Å². The van der Waals surface area contributed by atoms with Gasteiger partial charge in [0.05, 0.1) is 6.54 Å². The molecule has 0 unspecified atom stereocenters. The Kier molecular flexibility index (Phi) is 6.58. The van der Waals surface area contributed by atoms with E-state index in [4.69, 9.17) is 0 Å². The van der Waals surface area contributed by atoms with Crippen LogP contribution in [0.1, 0.15) is 42.9 Å². The molecule has 140 valence electrons. The quantitative estimate of drug-likeness (QED) is 0.766. The second kappa shape index (κ2) is 9.10. The van der Waals surface area contributed by atoms with Gasteiger partial charge in [0.25, 0.3) is 0 Å². The lowest BCUT2D eigenvalue weighted by Gasteiger charge is -2.30. The van der Waals surface area contributed by atoms with E-state index in [9.17, 15) is 0 Å². The molecule has 26 heavy (non-hydrogen) atoms. The van der Waals surface area contributed by atoms with Gasteiger partial charge >= 0.3 is 0 Å². The first-order valence-electron chi connectivity index (χ1n) is 9.68. The highest BCUT2D eigenvalue weighted by Gasteiger charge is 2.25. The van der Waals surface area contributed by atoms with E-state index in [0.29, 0.717) is 5.92 Å². The fourth-order valence-corrected chi connectivity index (χ4v) is 3.67. The zero-order valence-electron chi connectivity index (χ0n) is 16.3. The molecule has 0 N–H and O–H groups in total. The van der Waals surface area contributed by atoms with Gasteiger partial charge in [-0.2, -0.15) is 0 Å². The summed E-state index contributed by atoms with van der Waals surface area (Å²) in [4.78, 5) is 4.69. The Labute approximate surface area is 157 Å². The zero-order chi connectivity index (χ0) is 18.4. The standard InChI is InChI=1S/C21H31N5/c1-4-26-20(17-24(2)3)22-23-21(26)19-12-15-25(16-13-19)14-8-11-18-9-6-5-7-10-18/h5-11,19H,4,12-17H2,1-3H3/b11-8+. The van der Waals surface area contributed by atoms with E-state index in [2.05, 4.69) is 88.1 Å². The minimum absolute atomic E-state index is 0.535. The van der Waals surface area contributed by atoms with Crippen molar-refractivity contribution >= 4 is 6.08 Å². The monoisotopic (exact) mass is 353 g/mol. The van der Waals surface area contributed by atoms with Gasteiger partial charge in [-0.05, 0) is 52.5 Å². The van der Waals surface area contributed by atoms with Gasteiger partial charge in [0.2, 0.25) is 0 Å². The van der Waals surface area contributed by atoms with Crippen molar-refractivity contribution in [1.29, 1.82) is 0 Å². The molecule has 3 rings (SSSR count). The molecule has 1 aliphatic rings. The number of nitrogens with zero attached hydrogens (tertiary/aromatic N) is 5. The zero-order valence-corrected chi connectivity index (χ0v) is 16.3. The summed E-state index contributed by atoms with van der Waals surface area (Å²) in [5.41, 5.74) is 1.27. The van der Waals surface area contributed by atoms with Crippen LogP contribution in [0.3, 0.4) is 0 Å². The molecule has 5 heteroatoms. The highest BCUT2D eigenvalue weighted by Crippen LogP contribution is 2.27. The molecule has 1 fully saturated rings. The summed E-state index contributed by atoms with van der Waals surface area (Å²) in [6.45, 7) is 7.27. The number of hydrogen-bond donors (Lipinski definition) is 0. The number of rotatable bonds is 7. The summed E-state index contributed by atoms with van der Waals surface area (Å²) >= 11 is 0. The van der Waals surface area contributed by atoms with Crippen molar-refractivity contribution in [2.24, 2.45) is 0 Å². The molecule has 0 radical (unpaired) electrons. The largest absolute Gasteiger partial charge is 0.314 e. The van der Waals surface area contributed by atoms with Crippen LogP contribution in [0, 0.1) is 0 Å². The Morgan fingerprint density at radius 3 is 2.50 bits per heavy atom. The third kappa shape index (κ3) is 4.80. The average Bonchev–Trinajstić information content (AvgIpc) is 3.05. The molecule has 1 aromatic heterocycles. The first-order chi connectivity index (χ1) is 12.7. The summed E-state index contributed by atoms with van der Waals surface area (Å²) in [6.07, 6.45) is 6.82. The Hall–Kier alpha value is -1.98. The van der Waals surface area contributed by atoms with Gasteiger partial charge in [0.1, 0.15) is 11.6 Å². The van der Waals surface area contributed by atoms with Crippen LogP contribution in [-0.4, -0.2) is 58.3 Å². The highest BCUT2D eigenvalue weighted by atomic mass is 15.3.